The Bertz CT molecular complexity index is 375. The first-order valence-corrected chi connectivity index (χ1v) is 5.27. The average Bonchev–Trinajstić information content (AvgIpc) is 2.16. The Morgan fingerprint density at radius 3 is 2.75 bits per heavy atom. The number of hydrogen-bond donors (Lipinski definition) is 2. The number of ether oxygens (including phenoxy) is 1. The largest absolute Gasteiger partial charge is 0.493 e. The lowest BCUT2D eigenvalue weighted by Gasteiger charge is -2.11. The fraction of sp³-hybridized carbons (Fsp3) is 0.417. The van der Waals surface area contributed by atoms with E-state index in [1.54, 1.807) is 18.2 Å². The predicted molar refractivity (Wildman–Crippen MR) is 62.8 cm³/mol. The number of anilines is 1. The number of aromatic carboxylic acids is 1. The van der Waals surface area contributed by atoms with Crippen LogP contribution in [0.4, 0.5) is 5.69 Å². The van der Waals surface area contributed by atoms with Gasteiger partial charge in [0, 0.05) is 5.69 Å². The monoisotopic (exact) mass is 223 g/mol. The smallest absolute Gasteiger partial charge is 0.341 e. The first-order valence-electron chi connectivity index (χ1n) is 5.27. The van der Waals surface area contributed by atoms with E-state index in [4.69, 9.17) is 15.6 Å². The van der Waals surface area contributed by atoms with Gasteiger partial charge in [-0.15, -0.1) is 0 Å². The minimum Gasteiger partial charge on any atom is -0.493 e. The maximum Gasteiger partial charge on any atom is 0.341 e. The highest BCUT2D eigenvalue weighted by molar-refractivity contribution is 5.96. The Morgan fingerprint density at radius 1 is 1.50 bits per heavy atom. The van der Waals surface area contributed by atoms with Gasteiger partial charge in [0.25, 0.3) is 0 Å². The molecular weight excluding hydrogens is 206 g/mol. The standard InChI is InChI=1S/C12H17NO3/c1-8(2)6-7-16-10-5-3-4-9(13)11(10)12(14)15/h3-5,8H,6-7,13H2,1-2H3,(H,14,15). The number of carboxylic acid groups (broad SMARTS) is 1. The molecule has 0 amide bonds. The van der Waals surface area contributed by atoms with Crippen molar-refractivity contribution in [3.63, 3.8) is 0 Å². The molecular formula is C12H17NO3. The van der Waals surface area contributed by atoms with E-state index in [2.05, 4.69) is 13.8 Å². The molecule has 16 heavy (non-hydrogen) atoms. The van der Waals surface area contributed by atoms with Crippen molar-refractivity contribution in [3.05, 3.63) is 23.8 Å². The molecule has 4 heteroatoms. The Kier molecular flexibility index (Phi) is 4.17. The second-order valence-electron chi connectivity index (χ2n) is 4.06. The molecule has 1 aromatic rings. The van der Waals surface area contributed by atoms with E-state index < -0.39 is 5.97 Å². The minimum atomic E-state index is -1.06. The van der Waals surface area contributed by atoms with E-state index in [0.29, 0.717) is 18.3 Å². The molecule has 0 aliphatic carbocycles. The van der Waals surface area contributed by atoms with Gasteiger partial charge < -0.3 is 15.6 Å². The maximum absolute atomic E-state index is 11.0. The van der Waals surface area contributed by atoms with Gasteiger partial charge in [-0.1, -0.05) is 19.9 Å². The van der Waals surface area contributed by atoms with Gasteiger partial charge in [0.1, 0.15) is 11.3 Å². The molecule has 0 aliphatic rings. The normalized spacial score (nSPS) is 10.4. The lowest BCUT2D eigenvalue weighted by molar-refractivity contribution is 0.0693. The number of hydrogen-bond acceptors (Lipinski definition) is 3. The topological polar surface area (TPSA) is 72.5 Å². The highest BCUT2D eigenvalue weighted by atomic mass is 16.5. The molecule has 0 atom stereocenters. The second kappa shape index (κ2) is 5.39. The van der Waals surface area contributed by atoms with E-state index in [1.807, 2.05) is 0 Å². The molecule has 0 spiro atoms. The molecule has 0 bridgehead atoms. The zero-order valence-corrected chi connectivity index (χ0v) is 9.56. The van der Waals surface area contributed by atoms with Gasteiger partial charge in [-0.3, -0.25) is 0 Å². The summed E-state index contributed by atoms with van der Waals surface area (Å²) >= 11 is 0. The van der Waals surface area contributed by atoms with Crippen LogP contribution in [0.25, 0.3) is 0 Å². The quantitative estimate of drug-likeness (QED) is 0.752. The highest BCUT2D eigenvalue weighted by Crippen LogP contribution is 2.24. The summed E-state index contributed by atoms with van der Waals surface area (Å²) in [4.78, 5) is 11.0. The summed E-state index contributed by atoms with van der Waals surface area (Å²) in [7, 11) is 0. The van der Waals surface area contributed by atoms with Gasteiger partial charge in [-0.25, -0.2) is 4.79 Å². The predicted octanol–water partition coefficient (Wildman–Crippen LogP) is 2.39. The van der Waals surface area contributed by atoms with Gasteiger partial charge in [0.15, 0.2) is 0 Å². The summed E-state index contributed by atoms with van der Waals surface area (Å²) in [6.45, 7) is 4.67. The van der Waals surface area contributed by atoms with Crippen molar-refractivity contribution in [2.75, 3.05) is 12.3 Å². The van der Waals surface area contributed by atoms with Gasteiger partial charge in [-0.05, 0) is 24.5 Å². The van der Waals surface area contributed by atoms with Crippen molar-refractivity contribution < 1.29 is 14.6 Å². The van der Waals surface area contributed by atoms with Crippen LogP contribution in [0.5, 0.6) is 5.75 Å². The third-order valence-electron chi connectivity index (χ3n) is 2.23. The molecule has 88 valence electrons. The van der Waals surface area contributed by atoms with Crippen LogP contribution in [0.3, 0.4) is 0 Å². The Balaban J connectivity index is 2.79. The van der Waals surface area contributed by atoms with Crippen LogP contribution >= 0.6 is 0 Å². The average molecular weight is 223 g/mol. The number of nitrogens with two attached hydrogens (primary N) is 1. The third-order valence-corrected chi connectivity index (χ3v) is 2.23. The molecule has 0 aliphatic heterocycles. The van der Waals surface area contributed by atoms with Gasteiger partial charge >= 0.3 is 5.97 Å². The Labute approximate surface area is 95.0 Å². The lowest BCUT2D eigenvalue weighted by Crippen LogP contribution is -2.08. The van der Waals surface area contributed by atoms with Crippen LogP contribution < -0.4 is 10.5 Å². The van der Waals surface area contributed by atoms with Gasteiger partial charge in [-0.2, -0.15) is 0 Å². The third kappa shape index (κ3) is 3.15. The SMILES string of the molecule is CC(C)CCOc1cccc(N)c1C(=O)O. The zero-order valence-electron chi connectivity index (χ0n) is 9.56. The van der Waals surface area contributed by atoms with Crippen LogP contribution in [0.2, 0.25) is 0 Å². The molecule has 0 aromatic heterocycles. The van der Waals surface area contributed by atoms with E-state index in [9.17, 15) is 4.79 Å². The number of benzene rings is 1. The number of carboxylic acids is 1. The summed E-state index contributed by atoms with van der Waals surface area (Å²) in [5, 5.41) is 9.00. The molecule has 0 saturated carbocycles. The van der Waals surface area contributed by atoms with Crippen molar-refractivity contribution in [2.45, 2.75) is 20.3 Å². The van der Waals surface area contributed by atoms with E-state index in [0.717, 1.165) is 6.42 Å². The van der Waals surface area contributed by atoms with Crippen LogP contribution in [0, 0.1) is 5.92 Å². The molecule has 0 heterocycles. The molecule has 0 fully saturated rings. The first kappa shape index (κ1) is 12.4. The Hall–Kier alpha value is -1.71. The van der Waals surface area contributed by atoms with Crippen molar-refractivity contribution in [3.8, 4) is 5.75 Å². The van der Waals surface area contributed by atoms with Crippen LogP contribution in [-0.4, -0.2) is 17.7 Å². The van der Waals surface area contributed by atoms with E-state index in [-0.39, 0.29) is 11.3 Å². The number of nitrogen functional groups attached to an aromatic ring is 1. The van der Waals surface area contributed by atoms with Gasteiger partial charge in [0.2, 0.25) is 0 Å². The maximum atomic E-state index is 11.0. The summed E-state index contributed by atoms with van der Waals surface area (Å²) in [6, 6.07) is 4.87. The summed E-state index contributed by atoms with van der Waals surface area (Å²) in [6.07, 6.45) is 0.883. The number of rotatable bonds is 5. The minimum absolute atomic E-state index is 0.0475. The second-order valence-corrected chi connectivity index (χ2v) is 4.06. The fourth-order valence-electron chi connectivity index (χ4n) is 1.30. The molecule has 0 unspecified atom stereocenters. The van der Waals surface area contributed by atoms with Crippen LogP contribution in [-0.2, 0) is 0 Å². The molecule has 3 N–H and O–H groups in total. The van der Waals surface area contributed by atoms with Crippen molar-refractivity contribution in [2.24, 2.45) is 5.92 Å². The summed E-state index contributed by atoms with van der Waals surface area (Å²) in [5.74, 6) is -0.194. The van der Waals surface area contributed by atoms with Crippen molar-refractivity contribution in [1.29, 1.82) is 0 Å². The zero-order chi connectivity index (χ0) is 12.1. The number of carbonyl (C=O) groups is 1. The highest BCUT2D eigenvalue weighted by Gasteiger charge is 2.14. The fourth-order valence-corrected chi connectivity index (χ4v) is 1.30. The molecule has 0 saturated heterocycles. The summed E-state index contributed by atoms with van der Waals surface area (Å²) in [5.41, 5.74) is 5.87. The molecule has 0 radical (unpaired) electrons. The molecule has 4 nitrogen and oxygen atoms in total. The molecule has 1 rings (SSSR count). The summed E-state index contributed by atoms with van der Waals surface area (Å²) < 4.78 is 5.43. The van der Waals surface area contributed by atoms with E-state index >= 15 is 0 Å². The molecule has 1 aromatic carbocycles. The lowest BCUT2D eigenvalue weighted by atomic mass is 10.1. The van der Waals surface area contributed by atoms with Crippen molar-refractivity contribution in [1.82, 2.24) is 0 Å². The van der Waals surface area contributed by atoms with Crippen LogP contribution in [0.1, 0.15) is 30.6 Å². The van der Waals surface area contributed by atoms with Crippen LogP contribution in [0.15, 0.2) is 18.2 Å². The van der Waals surface area contributed by atoms with E-state index in [1.165, 1.54) is 0 Å². The van der Waals surface area contributed by atoms with Gasteiger partial charge in [0.05, 0.1) is 6.61 Å². The van der Waals surface area contributed by atoms with Crippen molar-refractivity contribution >= 4 is 11.7 Å². The first-order chi connectivity index (χ1) is 7.52. The Morgan fingerprint density at radius 2 is 2.19 bits per heavy atom.